The van der Waals surface area contributed by atoms with Crippen molar-refractivity contribution in [3.8, 4) is 0 Å². The Morgan fingerprint density at radius 2 is 1.00 bits per heavy atom. The molecule has 2 aromatic rings. The summed E-state index contributed by atoms with van der Waals surface area (Å²) >= 11 is 0. The average molecular weight is 307 g/mol. The van der Waals surface area contributed by atoms with Crippen LogP contribution in [0.2, 0.25) is 0 Å². The van der Waals surface area contributed by atoms with Crippen molar-refractivity contribution >= 4 is 18.5 Å². The van der Waals surface area contributed by atoms with Crippen molar-refractivity contribution in [3.63, 3.8) is 0 Å². The van der Waals surface area contributed by atoms with E-state index in [2.05, 4.69) is 67.3 Å². The van der Waals surface area contributed by atoms with Gasteiger partial charge in [-0.3, -0.25) is 0 Å². The van der Waals surface area contributed by atoms with E-state index in [9.17, 15) is 0 Å². The second-order valence-electron chi connectivity index (χ2n) is 3.23. The summed E-state index contributed by atoms with van der Waals surface area (Å²) in [6, 6.07) is 21.4. The van der Waals surface area contributed by atoms with Crippen LogP contribution in [0.25, 0.3) is 0 Å². The maximum Gasteiger partial charge on any atom is 0 e. The van der Waals surface area contributed by atoms with Crippen molar-refractivity contribution in [1.29, 1.82) is 0 Å². The molecule has 0 atom stereocenters. The van der Waals surface area contributed by atoms with Crippen LogP contribution in [-0.4, -0.2) is 6.66 Å². The van der Waals surface area contributed by atoms with Crippen LogP contribution in [0, 0.1) is 0 Å². The molecular weight excluding hydrogens is 294 g/mol. The molecule has 0 N–H and O–H groups in total. The maximum atomic E-state index is 2.31. The molecule has 0 bridgehead atoms. The molecule has 2 rings (SSSR count). The van der Waals surface area contributed by atoms with Crippen molar-refractivity contribution in [2.45, 2.75) is 0 Å². The smallest absolute Gasteiger partial charge is 0 e. The molecule has 0 saturated carbocycles. The van der Waals surface area contributed by atoms with E-state index in [-0.39, 0.29) is 28.3 Å². The van der Waals surface area contributed by atoms with Gasteiger partial charge in [-0.25, -0.2) is 0 Å². The fourth-order valence-corrected chi connectivity index (χ4v) is 2.99. The van der Waals surface area contributed by atoms with E-state index >= 15 is 0 Å². The van der Waals surface area contributed by atoms with Crippen LogP contribution >= 0.6 is 7.92 Å². The van der Waals surface area contributed by atoms with Crippen molar-refractivity contribution < 1.29 is 20.4 Å². The van der Waals surface area contributed by atoms with Gasteiger partial charge in [0.2, 0.25) is 0 Å². The Morgan fingerprint density at radius 3 is 1.33 bits per heavy atom. The summed E-state index contributed by atoms with van der Waals surface area (Å²) in [7, 11) is -0.171. The molecule has 0 amide bonds. The molecule has 0 aliphatic rings. The molecule has 0 heterocycles. The number of benzene rings is 2. The Morgan fingerprint density at radius 1 is 0.667 bits per heavy atom. The van der Waals surface area contributed by atoms with Gasteiger partial charge in [0.1, 0.15) is 0 Å². The van der Waals surface area contributed by atoms with Crippen molar-refractivity contribution in [3.05, 3.63) is 60.7 Å². The van der Waals surface area contributed by atoms with Crippen molar-refractivity contribution in [1.82, 2.24) is 0 Å². The van der Waals surface area contributed by atoms with Gasteiger partial charge >= 0.3 is 0 Å². The van der Waals surface area contributed by atoms with Crippen LogP contribution in [0.4, 0.5) is 0 Å². The standard InChI is InChI=1S/C13H13P.Pd/c1-14(12-8-4-2-5-9-12)13-10-6-3-7-11-13;/h2-11H,1H3;. The van der Waals surface area contributed by atoms with E-state index in [4.69, 9.17) is 0 Å². The third kappa shape index (κ3) is 3.25. The van der Waals surface area contributed by atoms with E-state index in [1.54, 1.807) is 0 Å². The predicted molar refractivity (Wildman–Crippen MR) is 65.0 cm³/mol. The number of hydrogen-bond acceptors (Lipinski definition) is 0. The molecule has 2 aromatic carbocycles. The van der Waals surface area contributed by atoms with Gasteiger partial charge < -0.3 is 0 Å². The van der Waals surface area contributed by atoms with Gasteiger partial charge in [0.05, 0.1) is 0 Å². The molecule has 0 spiro atoms. The molecule has 0 unspecified atom stereocenters. The first-order valence-electron chi connectivity index (χ1n) is 4.72. The summed E-state index contributed by atoms with van der Waals surface area (Å²) in [6.07, 6.45) is 0. The van der Waals surface area contributed by atoms with Gasteiger partial charge in [-0.15, -0.1) is 0 Å². The average Bonchev–Trinajstić information content (AvgIpc) is 2.30. The Kier molecular flexibility index (Phi) is 5.20. The Balaban J connectivity index is 0.00000112. The van der Waals surface area contributed by atoms with Crippen LogP contribution in [0.1, 0.15) is 0 Å². The van der Waals surface area contributed by atoms with Gasteiger partial charge in [-0.2, -0.15) is 0 Å². The second-order valence-corrected chi connectivity index (χ2v) is 5.38. The predicted octanol–water partition coefficient (Wildman–Crippen LogP) is 2.75. The summed E-state index contributed by atoms with van der Waals surface area (Å²) < 4.78 is 0. The van der Waals surface area contributed by atoms with Crippen LogP contribution < -0.4 is 10.6 Å². The Hall–Kier alpha value is -0.468. The number of rotatable bonds is 2. The van der Waals surface area contributed by atoms with Crippen LogP contribution in [-0.2, 0) is 20.4 Å². The fourth-order valence-electron chi connectivity index (χ4n) is 1.45. The molecule has 0 aliphatic heterocycles. The summed E-state index contributed by atoms with van der Waals surface area (Å²) in [4.78, 5) is 0. The van der Waals surface area contributed by atoms with Crippen LogP contribution in [0.15, 0.2) is 60.7 Å². The number of hydrogen-bond donors (Lipinski definition) is 0. The zero-order valence-electron chi connectivity index (χ0n) is 8.54. The second kappa shape index (κ2) is 6.19. The molecule has 0 fully saturated rings. The van der Waals surface area contributed by atoms with Gasteiger partial charge in [0.15, 0.2) is 0 Å². The topological polar surface area (TPSA) is 0 Å². The quantitative estimate of drug-likeness (QED) is 0.591. The minimum Gasteiger partial charge on any atom is -0.0622 e. The SMILES string of the molecule is CP(c1ccccc1)c1ccccc1.[Pd]. The fraction of sp³-hybridized carbons (Fsp3) is 0.0769. The minimum absolute atomic E-state index is 0. The molecule has 0 saturated heterocycles. The largest absolute Gasteiger partial charge is 0.0622 e. The summed E-state index contributed by atoms with van der Waals surface area (Å²) in [5.74, 6) is 0. The first-order valence-corrected chi connectivity index (χ1v) is 6.50. The van der Waals surface area contributed by atoms with Gasteiger partial charge in [0, 0.05) is 20.4 Å². The third-order valence-electron chi connectivity index (χ3n) is 2.29. The summed E-state index contributed by atoms with van der Waals surface area (Å²) in [5.41, 5.74) is 0. The molecule has 0 nitrogen and oxygen atoms in total. The first kappa shape index (κ1) is 12.6. The normalized spacial score (nSPS) is 9.73. The van der Waals surface area contributed by atoms with Crippen molar-refractivity contribution in [2.75, 3.05) is 6.66 Å². The van der Waals surface area contributed by atoms with E-state index in [0.717, 1.165) is 0 Å². The zero-order valence-corrected chi connectivity index (χ0v) is 11.0. The summed E-state index contributed by atoms with van der Waals surface area (Å²) in [6.45, 7) is 2.31. The molecule has 0 aliphatic carbocycles. The monoisotopic (exact) mass is 306 g/mol. The zero-order chi connectivity index (χ0) is 9.80. The van der Waals surface area contributed by atoms with E-state index in [1.165, 1.54) is 10.6 Å². The Bertz CT molecular complexity index is 346. The van der Waals surface area contributed by atoms with Crippen molar-refractivity contribution in [2.24, 2.45) is 0 Å². The minimum atomic E-state index is -0.171. The van der Waals surface area contributed by atoms with E-state index < -0.39 is 0 Å². The molecule has 80 valence electrons. The molecule has 15 heavy (non-hydrogen) atoms. The molecule has 0 aromatic heterocycles. The van der Waals surface area contributed by atoms with Gasteiger partial charge in [-0.05, 0) is 25.2 Å². The molecule has 0 radical (unpaired) electrons. The maximum absolute atomic E-state index is 2.31. The molecule has 2 heteroatoms. The Labute approximate surface area is 106 Å². The van der Waals surface area contributed by atoms with Gasteiger partial charge in [0.25, 0.3) is 0 Å². The van der Waals surface area contributed by atoms with E-state index in [0.29, 0.717) is 0 Å². The first-order chi connectivity index (χ1) is 6.88. The van der Waals surface area contributed by atoms with Crippen LogP contribution in [0.3, 0.4) is 0 Å². The van der Waals surface area contributed by atoms with E-state index in [1.807, 2.05) is 0 Å². The van der Waals surface area contributed by atoms with Gasteiger partial charge in [-0.1, -0.05) is 60.7 Å². The molecular formula is C13H13PPd. The third-order valence-corrected chi connectivity index (χ3v) is 4.43. The summed E-state index contributed by atoms with van der Waals surface area (Å²) in [5, 5.41) is 2.88. The van der Waals surface area contributed by atoms with Crippen LogP contribution in [0.5, 0.6) is 0 Å².